The van der Waals surface area contributed by atoms with Crippen LogP contribution < -0.4 is 20.7 Å². The molecule has 0 radical (unpaired) electrons. The second-order valence-electron chi connectivity index (χ2n) is 6.60. The third kappa shape index (κ3) is 4.73. The van der Waals surface area contributed by atoms with Crippen molar-refractivity contribution in [3.05, 3.63) is 35.4 Å². The Balaban J connectivity index is 1.68. The molecule has 0 spiro atoms. The van der Waals surface area contributed by atoms with Crippen LogP contribution in [-0.4, -0.2) is 62.6 Å². The largest absolute Gasteiger partial charge is 0.496 e. The minimum Gasteiger partial charge on any atom is -0.496 e. The number of methoxy groups -OCH3 is 1. The molecule has 1 amide bonds. The number of halogens is 1. The van der Waals surface area contributed by atoms with Gasteiger partial charge in [0.2, 0.25) is 0 Å². The molecule has 3 rings (SSSR count). The van der Waals surface area contributed by atoms with Gasteiger partial charge in [-0.1, -0.05) is 17.7 Å². The van der Waals surface area contributed by atoms with Crippen molar-refractivity contribution >= 4 is 29.2 Å². The van der Waals surface area contributed by atoms with Gasteiger partial charge in [0.15, 0.2) is 5.96 Å². The van der Waals surface area contributed by atoms with Gasteiger partial charge in [-0.15, -0.1) is 6.58 Å². The Hall–Kier alpha value is -2.25. The smallest absolute Gasteiger partial charge is 0.255 e. The average Bonchev–Trinajstić information content (AvgIpc) is 3.33. The minimum atomic E-state index is -0.193. The second kappa shape index (κ2) is 9.10. The van der Waals surface area contributed by atoms with Gasteiger partial charge in [0.05, 0.1) is 29.9 Å². The van der Waals surface area contributed by atoms with E-state index in [2.05, 4.69) is 32.4 Å². The van der Waals surface area contributed by atoms with Crippen molar-refractivity contribution in [2.45, 2.75) is 18.9 Å². The van der Waals surface area contributed by atoms with Crippen molar-refractivity contribution in [1.82, 2.24) is 15.5 Å². The van der Waals surface area contributed by atoms with E-state index in [0.29, 0.717) is 40.6 Å². The molecular formula is C19H26ClN5O2. The molecule has 1 fully saturated rings. The van der Waals surface area contributed by atoms with E-state index in [-0.39, 0.29) is 5.91 Å². The molecule has 27 heavy (non-hydrogen) atoms. The first kappa shape index (κ1) is 19.5. The van der Waals surface area contributed by atoms with E-state index in [1.165, 1.54) is 7.11 Å². The minimum absolute atomic E-state index is 0.193. The van der Waals surface area contributed by atoms with E-state index in [4.69, 9.17) is 16.3 Å². The van der Waals surface area contributed by atoms with Crippen molar-refractivity contribution in [3.63, 3.8) is 0 Å². The summed E-state index contributed by atoms with van der Waals surface area (Å²) in [5, 5.41) is 9.70. The van der Waals surface area contributed by atoms with Crippen LogP contribution in [0.5, 0.6) is 5.75 Å². The fourth-order valence-electron chi connectivity index (χ4n) is 3.44. The summed E-state index contributed by atoms with van der Waals surface area (Å²) in [6.45, 7) is 7.79. The predicted molar refractivity (Wildman–Crippen MR) is 109 cm³/mol. The van der Waals surface area contributed by atoms with Gasteiger partial charge in [-0.05, 0) is 25.5 Å². The van der Waals surface area contributed by atoms with Crippen LogP contribution in [0.4, 0.5) is 5.69 Å². The maximum atomic E-state index is 12.7. The molecule has 1 atom stereocenters. The predicted octanol–water partition coefficient (Wildman–Crippen LogP) is 2.10. The SMILES string of the molecule is C=CCN1CCCC1CNC(=O)c1cc(Cl)c(NC2=NCCN2)cc1OC. The summed E-state index contributed by atoms with van der Waals surface area (Å²) in [6.07, 6.45) is 4.12. The molecular weight excluding hydrogens is 366 g/mol. The zero-order valence-corrected chi connectivity index (χ0v) is 16.3. The third-order valence-corrected chi connectivity index (χ3v) is 5.13. The van der Waals surface area contributed by atoms with Crippen LogP contribution in [0.3, 0.4) is 0 Å². The molecule has 1 aromatic carbocycles. The number of ether oxygens (including phenoxy) is 1. The van der Waals surface area contributed by atoms with Crippen LogP contribution in [0.25, 0.3) is 0 Å². The highest BCUT2D eigenvalue weighted by Crippen LogP contribution is 2.31. The number of nitrogens with one attached hydrogen (secondary N) is 3. The number of hydrogen-bond acceptors (Lipinski definition) is 6. The fraction of sp³-hybridized carbons (Fsp3) is 0.474. The molecule has 0 bridgehead atoms. The topological polar surface area (TPSA) is 78.0 Å². The van der Waals surface area contributed by atoms with E-state index in [0.717, 1.165) is 39.0 Å². The summed E-state index contributed by atoms with van der Waals surface area (Å²) in [7, 11) is 1.54. The third-order valence-electron chi connectivity index (χ3n) is 4.82. The van der Waals surface area contributed by atoms with Gasteiger partial charge in [0.1, 0.15) is 5.75 Å². The van der Waals surface area contributed by atoms with Crippen LogP contribution in [0, 0.1) is 0 Å². The zero-order chi connectivity index (χ0) is 19.2. The number of hydrogen-bond donors (Lipinski definition) is 3. The van der Waals surface area contributed by atoms with Gasteiger partial charge in [0.25, 0.3) is 5.91 Å². The highest BCUT2D eigenvalue weighted by atomic mass is 35.5. The van der Waals surface area contributed by atoms with Crippen LogP contribution in [0.2, 0.25) is 5.02 Å². The van der Waals surface area contributed by atoms with Gasteiger partial charge in [-0.3, -0.25) is 14.7 Å². The normalized spacial score (nSPS) is 19.3. The van der Waals surface area contributed by atoms with Crippen LogP contribution >= 0.6 is 11.6 Å². The number of nitrogens with zero attached hydrogens (tertiary/aromatic N) is 2. The number of amides is 1. The number of rotatable bonds is 7. The van der Waals surface area contributed by atoms with E-state index < -0.39 is 0 Å². The molecule has 146 valence electrons. The summed E-state index contributed by atoms with van der Waals surface area (Å²) in [5.74, 6) is 0.939. The molecule has 1 aromatic rings. The van der Waals surface area contributed by atoms with Crippen molar-refractivity contribution in [2.75, 3.05) is 45.2 Å². The van der Waals surface area contributed by atoms with Gasteiger partial charge in [-0.2, -0.15) is 0 Å². The molecule has 0 saturated carbocycles. The Bertz CT molecular complexity index is 737. The standard InChI is InChI=1S/C19H26ClN5O2/c1-3-8-25-9-4-5-13(25)12-23-18(26)14-10-15(20)16(11-17(14)27-2)24-19-21-6-7-22-19/h3,10-11,13H,1,4-9,12H2,2H3,(H,23,26)(H2,21,22,24). The number of likely N-dealkylation sites (tertiary alicyclic amines) is 1. The highest BCUT2D eigenvalue weighted by Gasteiger charge is 2.24. The first-order chi connectivity index (χ1) is 13.1. The Morgan fingerprint density at radius 2 is 2.41 bits per heavy atom. The van der Waals surface area contributed by atoms with Crippen molar-refractivity contribution in [1.29, 1.82) is 0 Å². The lowest BCUT2D eigenvalue weighted by Gasteiger charge is -2.23. The Morgan fingerprint density at radius 1 is 1.56 bits per heavy atom. The Morgan fingerprint density at radius 3 is 3.11 bits per heavy atom. The molecule has 8 heteroatoms. The molecule has 2 aliphatic heterocycles. The highest BCUT2D eigenvalue weighted by molar-refractivity contribution is 6.34. The molecule has 7 nitrogen and oxygen atoms in total. The van der Waals surface area contributed by atoms with E-state index >= 15 is 0 Å². The lowest BCUT2D eigenvalue weighted by Crippen LogP contribution is -2.40. The molecule has 1 saturated heterocycles. The van der Waals surface area contributed by atoms with E-state index in [1.807, 2.05) is 6.08 Å². The quantitative estimate of drug-likeness (QED) is 0.620. The zero-order valence-electron chi connectivity index (χ0n) is 15.6. The van der Waals surface area contributed by atoms with Gasteiger partial charge in [-0.25, -0.2) is 0 Å². The Kier molecular flexibility index (Phi) is 6.58. The van der Waals surface area contributed by atoms with Gasteiger partial charge < -0.3 is 20.7 Å². The maximum Gasteiger partial charge on any atom is 0.255 e. The summed E-state index contributed by atoms with van der Waals surface area (Å²) in [6, 6.07) is 3.68. The second-order valence-corrected chi connectivity index (χ2v) is 7.01. The molecule has 3 N–H and O–H groups in total. The molecule has 0 aromatic heterocycles. The van der Waals surface area contributed by atoms with Crippen molar-refractivity contribution in [2.24, 2.45) is 4.99 Å². The number of guanidine groups is 1. The van der Waals surface area contributed by atoms with E-state index in [1.54, 1.807) is 12.1 Å². The van der Waals surface area contributed by atoms with E-state index in [9.17, 15) is 4.79 Å². The van der Waals surface area contributed by atoms with Crippen molar-refractivity contribution in [3.8, 4) is 5.75 Å². The van der Waals surface area contributed by atoms with Gasteiger partial charge >= 0.3 is 0 Å². The van der Waals surface area contributed by atoms with Crippen molar-refractivity contribution < 1.29 is 9.53 Å². The van der Waals surface area contributed by atoms with Crippen LogP contribution in [0.1, 0.15) is 23.2 Å². The lowest BCUT2D eigenvalue weighted by atomic mass is 10.1. The lowest BCUT2D eigenvalue weighted by molar-refractivity contribution is 0.0939. The molecule has 2 aliphatic rings. The number of benzene rings is 1. The maximum absolute atomic E-state index is 12.7. The first-order valence-electron chi connectivity index (χ1n) is 9.18. The molecule has 2 heterocycles. The Labute approximate surface area is 164 Å². The van der Waals surface area contributed by atoms with Crippen LogP contribution in [0.15, 0.2) is 29.8 Å². The number of carbonyl (C=O) groups excluding carboxylic acids is 1. The summed E-state index contributed by atoms with van der Waals surface area (Å²) in [4.78, 5) is 19.3. The van der Waals surface area contributed by atoms with Crippen LogP contribution in [-0.2, 0) is 0 Å². The molecule has 0 aliphatic carbocycles. The summed E-state index contributed by atoms with van der Waals surface area (Å²) in [5.41, 5.74) is 1.06. The average molecular weight is 392 g/mol. The fourth-order valence-corrected chi connectivity index (χ4v) is 3.65. The number of aliphatic imine (C=N–C) groups is 1. The molecule has 1 unspecified atom stereocenters. The first-order valence-corrected chi connectivity index (χ1v) is 9.56. The number of carbonyl (C=O) groups is 1. The monoisotopic (exact) mass is 391 g/mol. The number of anilines is 1. The van der Waals surface area contributed by atoms with Gasteiger partial charge in [0, 0.05) is 31.7 Å². The summed E-state index contributed by atoms with van der Waals surface area (Å²) >= 11 is 6.37. The summed E-state index contributed by atoms with van der Waals surface area (Å²) < 4.78 is 5.41.